The van der Waals surface area contributed by atoms with Crippen LogP contribution in [0.5, 0.6) is 11.5 Å². The molecule has 0 spiro atoms. The van der Waals surface area contributed by atoms with E-state index in [4.69, 9.17) is 19.7 Å². The van der Waals surface area contributed by atoms with E-state index in [2.05, 4.69) is 0 Å². The van der Waals surface area contributed by atoms with Crippen LogP contribution in [-0.2, 0) is 6.61 Å². The number of benzene rings is 2. The summed E-state index contributed by atoms with van der Waals surface area (Å²) in [5, 5.41) is 20.0. The first-order valence-electron chi connectivity index (χ1n) is 6.63. The normalized spacial score (nSPS) is 9.96. The Morgan fingerprint density at radius 3 is 2.35 bits per heavy atom. The third kappa shape index (κ3) is 4.13. The predicted octanol–water partition coefficient (Wildman–Crippen LogP) is 3.06. The number of rotatable bonds is 6. The van der Waals surface area contributed by atoms with Crippen LogP contribution in [-0.4, -0.2) is 29.4 Å². The van der Waals surface area contributed by atoms with Crippen molar-refractivity contribution >= 4 is 17.7 Å². The molecule has 0 saturated heterocycles. The Morgan fingerprint density at radius 1 is 1.09 bits per heavy atom. The van der Waals surface area contributed by atoms with Gasteiger partial charge in [-0.15, -0.1) is 0 Å². The number of nitrogens with one attached hydrogen (secondary N) is 1. The number of anilines is 1. The number of aromatic carboxylic acids is 1. The van der Waals surface area contributed by atoms with Gasteiger partial charge in [-0.05, 0) is 5.56 Å². The molecule has 2 aromatic rings. The average Bonchev–Trinajstić information content (AvgIpc) is 2.53. The first-order valence-corrected chi connectivity index (χ1v) is 6.63. The molecule has 1 amide bonds. The molecular formula is C16H15NO6. The highest BCUT2D eigenvalue weighted by Crippen LogP contribution is 2.34. The first kappa shape index (κ1) is 16.2. The summed E-state index contributed by atoms with van der Waals surface area (Å²) in [4.78, 5) is 22.0. The molecule has 7 heteroatoms. The van der Waals surface area contributed by atoms with Gasteiger partial charge in [0.05, 0.1) is 18.4 Å². The third-order valence-electron chi connectivity index (χ3n) is 3.01. The van der Waals surface area contributed by atoms with E-state index in [1.807, 2.05) is 35.6 Å². The number of carboxylic acids is 1. The van der Waals surface area contributed by atoms with Crippen molar-refractivity contribution in [2.75, 3.05) is 12.4 Å². The van der Waals surface area contributed by atoms with Crippen molar-refractivity contribution in [3.8, 4) is 11.5 Å². The van der Waals surface area contributed by atoms with Crippen LogP contribution in [0.25, 0.3) is 0 Å². The molecule has 7 nitrogen and oxygen atoms in total. The summed E-state index contributed by atoms with van der Waals surface area (Å²) in [6.45, 7) is 0.232. The van der Waals surface area contributed by atoms with E-state index in [0.717, 1.165) is 5.56 Å². The second kappa shape index (κ2) is 7.17. The molecule has 0 fully saturated rings. The van der Waals surface area contributed by atoms with Crippen molar-refractivity contribution in [2.45, 2.75) is 6.61 Å². The lowest BCUT2D eigenvalue weighted by atomic mass is 10.1. The second-order valence-electron chi connectivity index (χ2n) is 4.56. The smallest absolute Gasteiger partial charge is 0.409 e. The molecule has 0 saturated carbocycles. The van der Waals surface area contributed by atoms with Gasteiger partial charge in [0.1, 0.15) is 6.61 Å². The fourth-order valence-corrected chi connectivity index (χ4v) is 1.96. The summed E-state index contributed by atoms with van der Waals surface area (Å²) in [5.74, 6) is -0.832. The Labute approximate surface area is 132 Å². The lowest BCUT2D eigenvalue weighted by Gasteiger charge is -2.14. The van der Waals surface area contributed by atoms with Crippen LogP contribution in [0.4, 0.5) is 10.5 Å². The maximum absolute atomic E-state index is 11.2. The van der Waals surface area contributed by atoms with Gasteiger partial charge in [0.15, 0.2) is 11.5 Å². The van der Waals surface area contributed by atoms with Gasteiger partial charge in [0.2, 0.25) is 0 Å². The fraction of sp³-hybridized carbons (Fsp3) is 0.125. The van der Waals surface area contributed by atoms with Crippen LogP contribution >= 0.6 is 0 Å². The largest absolute Gasteiger partial charge is 0.493 e. The number of hydrogen-bond donors (Lipinski definition) is 3. The van der Waals surface area contributed by atoms with E-state index in [-0.39, 0.29) is 29.4 Å². The molecule has 0 radical (unpaired) electrons. The highest BCUT2D eigenvalue weighted by molar-refractivity contribution is 5.99. The molecule has 0 aliphatic carbocycles. The minimum absolute atomic E-state index is 0.0890. The standard InChI is InChI=1S/C16H15NO6/c1-22-13-7-11(15(18)19)12(17-16(20)21)8-14(13)23-9-10-5-3-2-4-6-10/h2-8,17H,9H2,1H3,(H,18,19)(H,20,21). The van der Waals surface area contributed by atoms with Gasteiger partial charge in [0, 0.05) is 12.1 Å². The van der Waals surface area contributed by atoms with Crippen LogP contribution in [0, 0.1) is 0 Å². The molecular weight excluding hydrogens is 302 g/mol. The minimum Gasteiger partial charge on any atom is -0.493 e. The molecule has 2 rings (SSSR count). The van der Waals surface area contributed by atoms with Crippen molar-refractivity contribution in [1.29, 1.82) is 0 Å². The number of hydrogen-bond acceptors (Lipinski definition) is 4. The van der Waals surface area contributed by atoms with Gasteiger partial charge >= 0.3 is 12.1 Å². The summed E-state index contributed by atoms with van der Waals surface area (Å²) < 4.78 is 10.7. The maximum atomic E-state index is 11.2. The topological polar surface area (TPSA) is 105 Å². The molecule has 0 unspecified atom stereocenters. The molecule has 23 heavy (non-hydrogen) atoms. The number of amides is 1. The number of ether oxygens (including phenoxy) is 2. The Kier molecular flexibility index (Phi) is 5.03. The molecule has 0 aromatic heterocycles. The SMILES string of the molecule is COc1cc(C(=O)O)c(NC(=O)O)cc1OCc1ccccc1. The quantitative estimate of drug-likeness (QED) is 0.756. The highest BCUT2D eigenvalue weighted by atomic mass is 16.5. The zero-order chi connectivity index (χ0) is 16.8. The highest BCUT2D eigenvalue weighted by Gasteiger charge is 2.18. The van der Waals surface area contributed by atoms with Crippen LogP contribution in [0.15, 0.2) is 42.5 Å². The van der Waals surface area contributed by atoms with E-state index in [1.54, 1.807) is 0 Å². The van der Waals surface area contributed by atoms with Gasteiger partial charge in [-0.2, -0.15) is 0 Å². The molecule has 3 N–H and O–H groups in total. The molecule has 0 aliphatic heterocycles. The van der Waals surface area contributed by atoms with Crippen LogP contribution in [0.2, 0.25) is 0 Å². The summed E-state index contributed by atoms with van der Waals surface area (Å²) in [6, 6.07) is 11.8. The van der Waals surface area contributed by atoms with E-state index >= 15 is 0 Å². The number of methoxy groups -OCH3 is 1. The Balaban J connectivity index is 2.33. The lowest BCUT2D eigenvalue weighted by Crippen LogP contribution is -2.12. The molecule has 120 valence electrons. The van der Waals surface area contributed by atoms with Crippen LogP contribution < -0.4 is 14.8 Å². The predicted molar refractivity (Wildman–Crippen MR) is 82.4 cm³/mol. The minimum atomic E-state index is -1.37. The average molecular weight is 317 g/mol. The molecule has 0 aliphatic rings. The summed E-state index contributed by atoms with van der Waals surface area (Å²) in [7, 11) is 1.38. The zero-order valence-corrected chi connectivity index (χ0v) is 12.3. The van der Waals surface area contributed by atoms with Crippen LogP contribution in [0.1, 0.15) is 15.9 Å². The summed E-state index contributed by atoms with van der Waals surface area (Å²) in [6.07, 6.45) is -1.37. The van der Waals surface area contributed by atoms with Gasteiger partial charge < -0.3 is 19.7 Å². The monoisotopic (exact) mass is 317 g/mol. The first-order chi connectivity index (χ1) is 11.0. The van der Waals surface area contributed by atoms with E-state index in [1.165, 1.54) is 19.2 Å². The molecule has 0 atom stereocenters. The lowest BCUT2D eigenvalue weighted by molar-refractivity contribution is 0.0697. The second-order valence-corrected chi connectivity index (χ2v) is 4.56. The van der Waals surface area contributed by atoms with Crippen molar-refractivity contribution < 1.29 is 29.3 Å². The van der Waals surface area contributed by atoms with Crippen molar-refractivity contribution in [1.82, 2.24) is 0 Å². The molecule has 0 heterocycles. The van der Waals surface area contributed by atoms with Crippen molar-refractivity contribution in [3.05, 3.63) is 53.6 Å². The Hall–Kier alpha value is -3.22. The Morgan fingerprint density at radius 2 is 1.78 bits per heavy atom. The molecule has 0 bridgehead atoms. The molecule has 2 aromatic carbocycles. The zero-order valence-electron chi connectivity index (χ0n) is 12.3. The summed E-state index contributed by atoms with van der Waals surface area (Å²) in [5.41, 5.74) is 0.592. The number of carboxylic acid groups (broad SMARTS) is 2. The fourth-order valence-electron chi connectivity index (χ4n) is 1.96. The van der Waals surface area contributed by atoms with E-state index in [9.17, 15) is 9.59 Å². The van der Waals surface area contributed by atoms with Gasteiger partial charge in [-0.3, -0.25) is 5.32 Å². The Bertz CT molecular complexity index is 714. The van der Waals surface area contributed by atoms with Crippen molar-refractivity contribution in [2.24, 2.45) is 0 Å². The van der Waals surface area contributed by atoms with Crippen molar-refractivity contribution in [3.63, 3.8) is 0 Å². The van der Waals surface area contributed by atoms with Gasteiger partial charge in [-0.1, -0.05) is 30.3 Å². The summed E-state index contributed by atoms with van der Waals surface area (Å²) >= 11 is 0. The van der Waals surface area contributed by atoms with Gasteiger partial charge in [-0.25, -0.2) is 9.59 Å². The third-order valence-corrected chi connectivity index (χ3v) is 3.01. The van der Waals surface area contributed by atoms with Gasteiger partial charge in [0.25, 0.3) is 0 Å². The maximum Gasteiger partial charge on any atom is 0.409 e. The number of carbonyl (C=O) groups is 2. The van der Waals surface area contributed by atoms with Crippen LogP contribution in [0.3, 0.4) is 0 Å². The van der Waals surface area contributed by atoms with E-state index < -0.39 is 12.1 Å². The van der Waals surface area contributed by atoms with E-state index in [0.29, 0.717) is 0 Å².